The van der Waals surface area contributed by atoms with Crippen LogP contribution in [0.4, 0.5) is 0 Å². The number of benzene rings is 2. The van der Waals surface area contributed by atoms with E-state index in [-0.39, 0.29) is 29.3 Å². The molecule has 2 aromatic carbocycles. The number of esters is 1. The van der Waals surface area contributed by atoms with Gasteiger partial charge in [-0.05, 0) is 30.2 Å². The van der Waals surface area contributed by atoms with Crippen molar-refractivity contribution in [2.45, 2.75) is 39.3 Å². The molecule has 34 heavy (non-hydrogen) atoms. The van der Waals surface area contributed by atoms with Crippen LogP contribution in [0.5, 0.6) is 5.75 Å². The number of unbranched alkanes of at least 4 members (excludes halogenated alkanes) is 1. The lowest BCUT2D eigenvalue weighted by Crippen LogP contribution is -2.31. The Balaban J connectivity index is 1.78. The Hall–Kier alpha value is -3.65. The van der Waals surface area contributed by atoms with E-state index in [1.54, 1.807) is 24.3 Å². The fraction of sp³-hybridized carbons (Fsp3) is 0.280. The van der Waals surface area contributed by atoms with Crippen molar-refractivity contribution in [1.82, 2.24) is 9.55 Å². The van der Waals surface area contributed by atoms with E-state index >= 15 is 0 Å². The predicted molar refractivity (Wildman–Crippen MR) is 127 cm³/mol. The monoisotopic (exact) mass is 484 g/mol. The normalized spacial score (nSPS) is 10.7. The number of methoxy groups -OCH3 is 1. The van der Waals surface area contributed by atoms with Crippen LogP contribution in [0.2, 0.25) is 5.02 Å². The average molecular weight is 485 g/mol. The van der Waals surface area contributed by atoms with Crippen LogP contribution >= 0.6 is 11.6 Å². The van der Waals surface area contributed by atoms with Gasteiger partial charge in [0.15, 0.2) is 0 Å². The van der Waals surface area contributed by atoms with Crippen molar-refractivity contribution in [3.05, 3.63) is 92.1 Å². The number of hydrogen-bond donors (Lipinski definition) is 1. The summed E-state index contributed by atoms with van der Waals surface area (Å²) in [5.41, 5.74) is 0.847. The number of carboxylic acids is 1. The molecule has 1 N–H and O–H groups in total. The van der Waals surface area contributed by atoms with Crippen molar-refractivity contribution in [2.75, 3.05) is 7.11 Å². The van der Waals surface area contributed by atoms with Crippen LogP contribution < -0.4 is 10.3 Å². The third kappa shape index (κ3) is 5.82. The van der Waals surface area contributed by atoms with Crippen molar-refractivity contribution in [3.63, 3.8) is 0 Å². The first-order chi connectivity index (χ1) is 16.3. The molecule has 0 radical (unpaired) electrons. The van der Waals surface area contributed by atoms with E-state index in [2.05, 4.69) is 11.9 Å². The van der Waals surface area contributed by atoms with E-state index in [9.17, 15) is 19.5 Å². The topological polar surface area (TPSA) is 108 Å². The molecule has 8 nitrogen and oxygen atoms in total. The molecular weight excluding hydrogens is 460 g/mol. The summed E-state index contributed by atoms with van der Waals surface area (Å²) < 4.78 is 12.0. The van der Waals surface area contributed by atoms with Gasteiger partial charge in [-0.1, -0.05) is 49.2 Å². The number of rotatable bonds is 10. The number of nitrogens with zero attached hydrogens (tertiary/aromatic N) is 2. The average Bonchev–Trinajstić information content (AvgIpc) is 2.84. The summed E-state index contributed by atoms with van der Waals surface area (Å²) in [4.78, 5) is 40.5. The van der Waals surface area contributed by atoms with E-state index in [1.165, 1.54) is 23.9 Å². The molecule has 1 aromatic heterocycles. The summed E-state index contributed by atoms with van der Waals surface area (Å²) in [6.45, 7) is 2.39. The zero-order chi connectivity index (χ0) is 24.7. The molecule has 0 aliphatic heterocycles. The molecule has 1 heterocycles. The van der Waals surface area contributed by atoms with Crippen molar-refractivity contribution < 1.29 is 24.2 Å². The van der Waals surface area contributed by atoms with Crippen LogP contribution in [0.3, 0.4) is 0 Å². The maximum absolute atomic E-state index is 12.9. The molecule has 0 amide bonds. The van der Waals surface area contributed by atoms with Crippen molar-refractivity contribution in [3.8, 4) is 5.75 Å². The van der Waals surface area contributed by atoms with Crippen molar-refractivity contribution >= 4 is 23.5 Å². The summed E-state index contributed by atoms with van der Waals surface area (Å²) in [6, 6.07) is 11.9. The first-order valence-corrected chi connectivity index (χ1v) is 11.1. The number of carboxylic acid groups (broad SMARTS) is 1. The zero-order valence-electron chi connectivity index (χ0n) is 18.9. The summed E-state index contributed by atoms with van der Waals surface area (Å²) in [5, 5.41) is 9.34. The van der Waals surface area contributed by atoms with Gasteiger partial charge in [-0.3, -0.25) is 9.36 Å². The van der Waals surface area contributed by atoms with Crippen LogP contribution in [-0.2, 0) is 24.3 Å². The van der Waals surface area contributed by atoms with E-state index in [4.69, 9.17) is 21.1 Å². The van der Waals surface area contributed by atoms with E-state index in [0.29, 0.717) is 23.6 Å². The summed E-state index contributed by atoms with van der Waals surface area (Å²) in [7, 11) is 1.22. The maximum atomic E-state index is 12.9. The van der Waals surface area contributed by atoms with Gasteiger partial charge in [0.2, 0.25) is 0 Å². The number of aromatic nitrogens is 2. The highest BCUT2D eigenvalue weighted by Gasteiger charge is 2.17. The molecule has 0 fully saturated rings. The maximum Gasteiger partial charge on any atom is 0.345 e. The molecular formula is C25H25ClN2O6. The highest BCUT2D eigenvalue weighted by Crippen LogP contribution is 2.23. The molecule has 0 saturated heterocycles. The highest BCUT2D eigenvalue weighted by molar-refractivity contribution is 6.34. The van der Waals surface area contributed by atoms with Crippen molar-refractivity contribution in [2.24, 2.45) is 0 Å². The zero-order valence-corrected chi connectivity index (χ0v) is 19.7. The summed E-state index contributed by atoms with van der Waals surface area (Å²) in [5.74, 6) is -0.661. The highest BCUT2D eigenvalue weighted by atomic mass is 35.5. The first-order valence-electron chi connectivity index (χ1n) is 10.7. The number of ether oxygens (including phenoxy) is 2. The van der Waals surface area contributed by atoms with Gasteiger partial charge in [0.1, 0.15) is 23.7 Å². The Kier molecular flexibility index (Phi) is 8.43. The fourth-order valence-corrected chi connectivity index (χ4v) is 3.63. The smallest absolute Gasteiger partial charge is 0.345 e. The standard InChI is InChI=1S/C25H25ClN2O6/c1-3-4-8-21-27-13-20(25(32)33-2)23(29)28(21)14-16-9-11-18(12-10-16)34-15-17-6-5-7-19(22(17)26)24(30)31/h5-7,9-13H,3-4,8,14-15H2,1-2H3,(H,30,31). The van der Waals surface area contributed by atoms with E-state index in [1.807, 2.05) is 12.1 Å². The minimum Gasteiger partial charge on any atom is -0.489 e. The van der Waals surface area contributed by atoms with E-state index in [0.717, 1.165) is 18.4 Å². The Bertz CT molecular complexity index is 1240. The van der Waals surface area contributed by atoms with E-state index < -0.39 is 17.5 Å². The lowest BCUT2D eigenvalue weighted by atomic mass is 10.1. The quantitative estimate of drug-likeness (QED) is 0.426. The van der Waals surface area contributed by atoms with Gasteiger partial charge in [0, 0.05) is 18.2 Å². The Labute approximate surface area is 201 Å². The number of carbonyl (C=O) groups is 2. The second-order valence-corrected chi connectivity index (χ2v) is 7.97. The lowest BCUT2D eigenvalue weighted by Gasteiger charge is -2.14. The largest absolute Gasteiger partial charge is 0.489 e. The molecule has 9 heteroatoms. The minimum absolute atomic E-state index is 0.0187. The molecule has 0 aliphatic carbocycles. The molecule has 178 valence electrons. The van der Waals surface area contributed by atoms with Crippen molar-refractivity contribution in [1.29, 1.82) is 0 Å². The van der Waals surface area contributed by atoms with Gasteiger partial charge < -0.3 is 14.6 Å². The van der Waals surface area contributed by atoms with Gasteiger partial charge in [-0.25, -0.2) is 14.6 Å². The van der Waals surface area contributed by atoms with Crippen LogP contribution in [0.25, 0.3) is 0 Å². The Morgan fingerprint density at radius 1 is 1.12 bits per heavy atom. The number of aryl methyl sites for hydroxylation is 1. The molecule has 0 spiro atoms. The third-order valence-electron chi connectivity index (χ3n) is 5.26. The molecule has 0 saturated carbocycles. The molecule has 0 atom stereocenters. The number of carbonyl (C=O) groups excluding carboxylic acids is 1. The van der Waals surface area contributed by atoms with Crippen LogP contribution in [0, 0.1) is 0 Å². The van der Waals surface area contributed by atoms with Gasteiger partial charge in [-0.15, -0.1) is 0 Å². The second-order valence-electron chi connectivity index (χ2n) is 7.59. The van der Waals surface area contributed by atoms with Gasteiger partial charge >= 0.3 is 11.9 Å². The van der Waals surface area contributed by atoms with Gasteiger partial charge in [0.25, 0.3) is 5.56 Å². The number of hydrogen-bond acceptors (Lipinski definition) is 6. The Morgan fingerprint density at radius 2 is 1.85 bits per heavy atom. The summed E-state index contributed by atoms with van der Waals surface area (Å²) in [6.07, 6.45) is 3.70. The second kappa shape index (κ2) is 11.5. The minimum atomic E-state index is -1.10. The predicted octanol–water partition coefficient (Wildman–Crippen LogP) is 4.35. The molecule has 0 bridgehead atoms. The van der Waals surface area contributed by atoms with Crippen LogP contribution in [-0.4, -0.2) is 33.7 Å². The third-order valence-corrected chi connectivity index (χ3v) is 5.70. The van der Waals surface area contributed by atoms with Gasteiger partial charge in [-0.2, -0.15) is 0 Å². The molecule has 3 aromatic rings. The SMILES string of the molecule is CCCCc1ncc(C(=O)OC)c(=O)n1Cc1ccc(OCc2cccc(C(=O)O)c2Cl)cc1. The molecule has 3 rings (SSSR count). The number of halogens is 1. The molecule has 0 unspecified atom stereocenters. The number of aromatic carboxylic acids is 1. The van der Waals surface area contributed by atoms with Crippen LogP contribution in [0.15, 0.2) is 53.5 Å². The Morgan fingerprint density at radius 3 is 2.50 bits per heavy atom. The molecule has 0 aliphatic rings. The fourth-order valence-electron chi connectivity index (χ4n) is 3.37. The van der Waals surface area contributed by atoms with Crippen LogP contribution in [0.1, 0.15) is 57.4 Å². The lowest BCUT2D eigenvalue weighted by molar-refractivity contribution is 0.0596. The first kappa shape index (κ1) is 25.0. The van der Waals surface area contributed by atoms with Gasteiger partial charge in [0.05, 0.1) is 24.2 Å². The summed E-state index contributed by atoms with van der Waals surface area (Å²) >= 11 is 6.16.